The van der Waals surface area contributed by atoms with E-state index in [4.69, 9.17) is 5.73 Å². The quantitative estimate of drug-likeness (QED) is 0.489. The minimum atomic E-state index is 0.317. The molecule has 3 atom stereocenters. The van der Waals surface area contributed by atoms with Crippen LogP contribution in [-0.4, -0.2) is 12.7 Å². The fourth-order valence-electron chi connectivity index (χ4n) is 2.23. The molecule has 0 bridgehead atoms. The Balaban J connectivity index is 2.07. The zero-order valence-electron chi connectivity index (χ0n) is 5.64. The van der Waals surface area contributed by atoms with Crippen molar-refractivity contribution in [3.8, 4) is 0 Å². The third-order valence-electron chi connectivity index (χ3n) is 2.79. The van der Waals surface area contributed by atoms with Crippen LogP contribution in [-0.2, 0) is 0 Å². The largest absolute Gasteiger partial charge is 0.316 e. The topological polar surface area (TPSA) is 38.0 Å². The van der Waals surface area contributed by atoms with E-state index >= 15 is 0 Å². The first-order valence-corrected chi connectivity index (χ1v) is 3.87. The summed E-state index contributed by atoms with van der Waals surface area (Å²) in [6.07, 6.45) is 4.49. The van der Waals surface area contributed by atoms with Gasteiger partial charge in [0.25, 0.3) is 0 Å². The van der Waals surface area contributed by atoms with Gasteiger partial charge in [-0.15, -0.1) is 0 Å². The van der Waals surface area contributed by atoms with Crippen LogP contribution in [0.5, 0.6) is 0 Å². The number of nitrogens with two attached hydrogens (primary N) is 1. The van der Waals surface area contributed by atoms with Crippen molar-refractivity contribution in [1.82, 2.24) is 5.32 Å². The molecule has 0 aromatic carbocycles. The van der Waals surface area contributed by atoms with E-state index < -0.39 is 0 Å². The Labute approximate surface area is 55.8 Å². The molecule has 0 radical (unpaired) electrons. The maximum atomic E-state index is 5.81. The van der Waals surface area contributed by atoms with Crippen molar-refractivity contribution >= 4 is 0 Å². The molecule has 2 rings (SSSR count). The molecule has 3 N–H and O–H groups in total. The van der Waals surface area contributed by atoms with E-state index in [9.17, 15) is 0 Å². The van der Waals surface area contributed by atoms with Crippen LogP contribution in [0.25, 0.3) is 0 Å². The molecule has 2 aliphatic rings. The number of rotatable bonds is 0. The van der Waals surface area contributed by atoms with E-state index in [2.05, 4.69) is 5.32 Å². The Bertz CT molecular complexity index is 113. The predicted molar refractivity (Wildman–Crippen MR) is 36.8 cm³/mol. The number of fused-ring (bicyclic) bond motifs is 1. The highest BCUT2D eigenvalue weighted by Crippen LogP contribution is 2.35. The third kappa shape index (κ3) is 0.775. The summed E-state index contributed by atoms with van der Waals surface area (Å²) < 4.78 is 0. The fourth-order valence-corrected chi connectivity index (χ4v) is 2.23. The molecule has 1 aliphatic heterocycles. The maximum Gasteiger partial charge on any atom is 0.0578 e. The van der Waals surface area contributed by atoms with Crippen LogP contribution in [0.4, 0.5) is 0 Å². The van der Waals surface area contributed by atoms with Gasteiger partial charge in [0.05, 0.1) is 6.17 Å². The van der Waals surface area contributed by atoms with Crippen LogP contribution in [0.3, 0.4) is 0 Å². The molecule has 2 heteroatoms. The molecule has 0 aromatic heterocycles. The highest BCUT2D eigenvalue weighted by atomic mass is 15.1. The van der Waals surface area contributed by atoms with Crippen molar-refractivity contribution in [3.05, 3.63) is 0 Å². The molecule has 52 valence electrons. The Hall–Kier alpha value is -0.0800. The predicted octanol–water partition coefficient (Wildman–Crippen LogP) is 0.291. The van der Waals surface area contributed by atoms with Crippen molar-refractivity contribution in [3.63, 3.8) is 0 Å². The highest BCUT2D eigenvalue weighted by Gasteiger charge is 2.36. The van der Waals surface area contributed by atoms with Gasteiger partial charge in [-0.3, -0.25) is 0 Å². The van der Waals surface area contributed by atoms with Gasteiger partial charge in [-0.1, -0.05) is 6.42 Å². The first-order chi connectivity index (χ1) is 4.38. The SMILES string of the molecule is NC1NCC2CCCC21. The zero-order valence-corrected chi connectivity index (χ0v) is 5.64. The van der Waals surface area contributed by atoms with Gasteiger partial charge < -0.3 is 11.1 Å². The summed E-state index contributed by atoms with van der Waals surface area (Å²) in [4.78, 5) is 0. The smallest absolute Gasteiger partial charge is 0.0578 e. The van der Waals surface area contributed by atoms with Gasteiger partial charge in [0, 0.05) is 0 Å². The van der Waals surface area contributed by atoms with E-state index in [1.165, 1.54) is 25.8 Å². The van der Waals surface area contributed by atoms with Gasteiger partial charge in [-0.25, -0.2) is 0 Å². The standard InChI is InChI=1S/C7H14N2/c8-7-6-3-1-2-5(6)4-9-7/h5-7,9H,1-4,8H2. The first-order valence-electron chi connectivity index (χ1n) is 3.87. The minimum Gasteiger partial charge on any atom is -0.316 e. The monoisotopic (exact) mass is 126 g/mol. The summed E-state index contributed by atoms with van der Waals surface area (Å²) in [7, 11) is 0. The highest BCUT2D eigenvalue weighted by molar-refractivity contribution is 4.90. The molecule has 9 heavy (non-hydrogen) atoms. The van der Waals surface area contributed by atoms with Crippen molar-refractivity contribution < 1.29 is 0 Å². The molecular weight excluding hydrogens is 112 g/mol. The number of nitrogens with one attached hydrogen (secondary N) is 1. The lowest BCUT2D eigenvalue weighted by Gasteiger charge is -2.11. The second-order valence-electron chi connectivity index (χ2n) is 3.29. The molecule has 0 aromatic rings. The van der Waals surface area contributed by atoms with E-state index in [1.54, 1.807) is 0 Å². The summed E-state index contributed by atoms with van der Waals surface area (Å²) in [6, 6.07) is 0. The van der Waals surface area contributed by atoms with E-state index in [-0.39, 0.29) is 0 Å². The molecule has 3 unspecified atom stereocenters. The molecular formula is C7H14N2. The van der Waals surface area contributed by atoms with Crippen LogP contribution < -0.4 is 11.1 Å². The second kappa shape index (κ2) is 1.96. The Morgan fingerprint density at radius 2 is 2.22 bits per heavy atom. The number of hydrogen-bond acceptors (Lipinski definition) is 2. The molecule has 0 spiro atoms. The Morgan fingerprint density at radius 3 is 3.00 bits per heavy atom. The second-order valence-corrected chi connectivity index (χ2v) is 3.29. The lowest BCUT2D eigenvalue weighted by Crippen LogP contribution is -2.35. The Kier molecular flexibility index (Phi) is 1.24. The van der Waals surface area contributed by atoms with E-state index in [0.29, 0.717) is 6.17 Å². The summed E-state index contributed by atoms with van der Waals surface area (Å²) in [5, 5.41) is 3.30. The van der Waals surface area contributed by atoms with Crippen LogP contribution in [0.15, 0.2) is 0 Å². The van der Waals surface area contributed by atoms with Crippen molar-refractivity contribution in [2.45, 2.75) is 25.4 Å². The van der Waals surface area contributed by atoms with Gasteiger partial charge >= 0.3 is 0 Å². The lowest BCUT2D eigenvalue weighted by molar-refractivity contribution is 0.420. The van der Waals surface area contributed by atoms with E-state index in [1.807, 2.05) is 0 Å². The maximum absolute atomic E-state index is 5.81. The third-order valence-corrected chi connectivity index (χ3v) is 2.79. The van der Waals surface area contributed by atoms with Crippen LogP contribution in [0.1, 0.15) is 19.3 Å². The number of hydrogen-bond donors (Lipinski definition) is 2. The average Bonchev–Trinajstić information content (AvgIpc) is 2.35. The fraction of sp³-hybridized carbons (Fsp3) is 1.00. The van der Waals surface area contributed by atoms with E-state index in [0.717, 1.165) is 11.8 Å². The molecule has 1 saturated carbocycles. The molecule has 2 nitrogen and oxygen atoms in total. The van der Waals surface area contributed by atoms with Crippen molar-refractivity contribution in [2.75, 3.05) is 6.54 Å². The van der Waals surface area contributed by atoms with Gasteiger partial charge in [0.15, 0.2) is 0 Å². The molecule has 1 aliphatic carbocycles. The van der Waals surface area contributed by atoms with Gasteiger partial charge in [-0.2, -0.15) is 0 Å². The molecule has 2 fully saturated rings. The van der Waals surface area contributed by atoms with Gasteiger partial charge in [-0.05, 0) is 31.2 Å². The van der Waals surface area contributed by atoms with Crippen LogP contribution in [0.2, 0.25) is 0 Å². The summed E-state index contributed by atoms with van der Waals surface area (Å²) >= 11 is 0. The normalized spacial score (nSPS) is 49.7. The van der Waals surface area contributed by atoms with Crippen molar-refractivity contribution in [2.24, 2.45) is 17.6 Å². The van der Waals surface area contributed by atoms with Crippen LogP contribution >= 0.6 is 0 Å². The minimum absolute atomic E-state index is 0.317. The van der Waals surface area contributed by atoms with Crippen molar-refractivity contribution in [1.29, 1.82) is 0 Å². The summed E-state index contributed by atoms with van der Waals surface area (Å²) in [5.41, 5.74) is 5.81. The summed E-state index contributed by atoms with van der Waals surface area (Å²) in [5.74, 6) is 1.73. The zero-order chi connectivity index (χ0) is 6.27. The van der Waals surface area contributed by atoms with Gasteiger partial charge in [0.2, 0.25) is 0 Å². The van der Waals surface area contributed by atoms with Gasteiger partial charge in [0.1, 0.15) is 0 Å². The lowest BCUT2D eigenvalue weighted by atomic mass is 9.99. The molecule has 1 saturated heterocycles. The van der Waals surface area contributed by atoms with Crippen LogP contribution in [0, 0.1) is 11.8 Å². The molecule has 1 heterocycles. The molecule has 0 amide bonds. The first kappa shape index (κ1) is 5.69. The average molecular weight is 126 g/mol. The summed E-state index contributed by atoms with van der Waals surface area (Å²) in [6.45, 7) is 1.17. The Morgan fingerprint density at radius 1 is 1.33 bits per heavy atom.